The quantitative estimate of drug-likeness (QED) is 0.787. The van der Waals surface area contributed by atoms with Gasteiger partial charge in [-0.05, 0) is 57.2 Å². The van der Waals surface area contributed by atoms with Crippen LogP contribution in [0.1, 0.15) is 73.3 Å². The zero-order valence-corrected chi connectivity index (χ0v) is 17.7. The summed E-state index contributed by atoms with van der Waals surface area (Å²) in [5.41, 5.74) is 3.85. The van der Waals surface area contributed by atoms with Crippen LogP contribution >= 0.6 is 0 Å². The topological polar surface area (TPSA) is 70.4 Å². The van der Waals surface area contributed by atoms with Crippen molar-refractivity contribution in [2.45, 2.75) is 70.7 Å². The van der Waals surface area contributed by atoms with Gasteiger partial charge in [-0.1, -0.05) is 24.3 Å². The van der Waals surface area contributed by atoms with Gasteiger partial charge in [-0.2, -0.15) is 5.10 Å². The molecule has 0 bridgehead atoms. The molecule has 1 aromatic heterocycles. The maximum absolute atomic E-state index is 12.8. The zero-order valence-electron chi connectivity index (χ0n) is 17.7. The monoisotopic (exact) mass is 396 g/mol. The van der Waals surface area contributed by atoms with Crippen molar-refractivity contribution >= 4 is 5.91 Å². The number of benzene rings is 1. The normalized spacial score (nSPS) is 20.2. The van der Waals surface area contributed by atoms with Crippen molar-refractivity contribution in [1.82, 2.24) is 20.0 Å². The number of rotatable bonds is 6. The summed E-state index contributed by atoms with van der Waals surface area (Å²) in [6.07, 6.45) is 2.97. The van der Waals surface area contributed by atoms with E-state index >= 15 is 0 Å². The van der Waals surface area contributed by atoms with E-state index in [4.69, 9.17) is 0 Å². The smallest absolute Gasteiger partial charge is 0.272 e. The molecule has 0 radical (unpaired) electrons. The molecule has 2 heterocycles. The average molecular weight is 397 g/mol. The highest BCUT2D eigenvalue weighted by atomic mass is 16.3. The van der Waals surface area contributed by atoms with Crippen LogP contribution in [0.2, 0.25) is 0 Å². The molecular weight excluding hydrogens is 364 g/mol. The zero-order chi connectivity index (χ0) is 20.6. The van der Waals surface area contributed by atoms with Gasteiger partial charge in [0.05, 0.1) is 11.6 Å². The molecule has 0 unspecified atom stereocenters. The molecule has 4 rings (SSSR count). The predicted molar refractivity (Wildman–Crippen MR) is 113 cm³/mol. The fraction of sp³-hybridized carbons (Fsp3) is 0.565. The molecule has 29 heavy (non-hydrogen) atoms. The third-order valence-corrected chi connectivity index (χ3v) is 5.80. The van der Waals surface area contributed by atoms with E-state index < -0.39 is 0 Å². The molecule has 1 atom stereocenters. The highest BCUT2D eigenvalue weighted by Gasteiger charge is 2.32. The van der Waals surface area contributed by atoms with E-state index in [-0.39, 0.29) is 17.6 Å². The van der Waals surface area contributed by atoms with E-state index in [9.17, 15) is 9.90 Å². The van der Waals surface area contributed by atoms with Crippen molar-refractivity contribution in [1.29, 1.82) is 0 Å². The molecule has 2 aromatic rings. The van der Waals surface area contributed by atoms with Gasteiger partial charge in [-0.25, -0.2) is 0 Å². The Labute approximate surface area is 172 Å². The molecule has 2 N–H and O–H groups in total. The van der Waals surface area contributed by atoms with Crippen molar-refractivity contribution in [3.63, 3.8) is 0 Å². The Balaban J connectivity index is 1.44. The lowest BCUT2D eigenvalue weighted by molar-refractivity contribution is 0.0944. The number of aliphatic hydroxyl groups is 1. The van der Waals surface area contributed by atoms with Gasteiger partial charge in [0.1, 0.15) is 5.69 Å². The first-order valence-electron chi connectivity index (χ1n) is 10.7. The molecule has 1 amide bonds. The summed E-state index contributed by atoms with van der Waals surface area (Å²) < 4.78 is 2.02. The number of β-amino-alcohol motifs (C(OH)–C–C–N with tert-alkyl or cyclic N) is 1. The molecule has 156 valence electrons. The lowest BCUT2D eigenvalue weighted by Gasteiger charge is -2.22. The van der Waals surface area contributed by atoms with Gasteiger partial charge in [0.15, 0.2) is 0 Å². The molecule has 1 saturated heterocycles. The number of hydrogen-bond donors (Lipinski definition) is 2. The standard InChI is InChI=1S/C23H32N4O2/c1-23(2,3)27-21(16-8-9-16)12-20(25-27)22(29)24-13-17-6-4-5-7-18(17)14-26-11-10-19(28)15-26/h4-7,12,16,19,28H,8-11,13-15H2,1-3H3,(H,24,29)/t19-/m1/s1. The number of aliphatic hydroxyl groups excluding tert-OH is 1. The Morgan fingerprint density at radius 3 is 2.55 bits per heavy atom. The van der Waals surface area contributed by atoms with Crippen molar-refractivity contribution < 1.29 is 9.90 Å². The minimum Gasteiger partial charge on any atom is -0.392 e. The molecular formula is C23H32N4O2. The van der Waals surface area contributed by atoms with Crippen LogP contribution in [0.3, 0.4) is 0 Å². The Bertz CT molecular complexity index is 879. The van der Waals surface area contributed by atoms with Gasteiger partial charge in [0.25, 0.3) is 5.91 Å². The lowest BCUT2D eigenvalue weighted by Crippen LogP contribution is -2.28. The highest BCUT2D eigenvalue weighted by molar-refractivity contribution is 5.92. The van der Waals surface area contributed by atoms with Crippen LogP contribution in [0.4, 0.5) is 0 Å². The van der Waals surface area contributed by atoms with Crippen LogP contribution < -0.4 is 5.32 Å². The number of amides is 1. The number of nitrogens with one attached hydrogen (secondary N) is 1. The minimum absolute atomic E-state index is 0.124. The summed E-state index contributed by atoms with van der Waals surface area (Å²) in [6, 6.07) is 10.2. The Hall–Kier alpha value is -2.18. The molecule has 2 aliphatic rings. The molecule has 1 aliphatic heterocycles. The summed E-state index contributed by atoms with van der Waals surface area (Å²) in [5, 5.41) is 17.5. The van der Waals surface area contributed by atoms with Crippen LogP contribution in [0.5, 0.6) is 0 Å². The van der Waals surface area contributed by atoms with E-state index in [1.807, 2.05) is 22.9 Å². The van der Waals surface area contributed by atoms with Crippen LogP contribution in [0, 0.1) is 0 Å². The number of carbonyl (C=O) groups excluding carboxylic acids is 1. The number of carbonyl (C=O) groups is 1. The van der Waals surface area contributed by atoms with Gasteiger partial charge >= 0.3 is 0 Å². The fourth-order valence-corrected chi connectivity index (χ4v) is 4.06. The summed E-state index contributed by atoms with van der Waals surface area (Å²) >= 11 is 0. The third-order valence-electron chi connectivity index (χ3n) is 5.80. The summed E-state index contributed by atoms with van der Waals surface area (Å²) in [6.45, 7) is 9.28. The second-order valence-corrected chi connectivity index (χ2v) is 9.44. The van der Waals surface area contributed by atoms with Crippen molar-refractivity contribution in [3.05, 3.63) is 52.8 Å². The first-order valence-corrected chi connectivity index (χ1v) is 10.7. The lowest BCUT2D eigenvalue weighted by atomic mass is 10.1. The van der Waals surface area contributed by atoms with Gasteiger partial charge in [-0.15, -0.1) is 0 Å². The maximum atomic E-state index is 12.8. The van der Waals surface area contributed by atoms with E-state index in [0.29, 0.717) is 18.2 Å². The summed E-state index contributed by atoms with van der Waals surface area (Å²) in [5.74, 6) is 0.418. The predicted octanol–water partition coefficient (Wildman–Crippen LogP) is 3.01. The summed E-state index contributed by atoms with van der Waals surface area (Å²) in [4.78, 5) is 15.1. The SMILES string of the molecule is CC(C)(C)n1nc(C(=O)NCc2ccccc2CN2CC[C@@H](O)C2)cc1C1CC1. The van der Waals surface area contributed by atoms with Gasteiger partial charge in [0.2, 0.25) is 0 Å². The van der Waals surface area contributed by atoms with E-state index in [0.717, 1.165) is 31.6 Å². The molecule has 1 saturated carbocycles. The van der Waals surface area contributed by atoms with E-state index in [1.165, 1.54) is 24.1 Å². The molecule has 1 aromatic carbocycles. The van der Waals surface area contributed by atoms with E-state index in [2.05, 4.69) is 48.2 Å². The van der Waals surface area contributed by atoms with Gasteiger partial charge in [0, 0.05) is 37.8 Å². The van der Waals surface area contributed by atoms with Crippen LogP contribution in [0.15, 0.2) is 30.3 Å². The third kappa shape index (κ3) is 4.70. The Morgan fingerprint density at radius 1 is 1.21 bits per heavy atom. The second kappa shape index (κ2) is 7.92. The second-order valence-electron chi connectivity index (χ2n) is 9.44. The summed E-state index contributed by atoms with van der Waals surface area (Å²) in [7, 11) is 0. The number of hydrogen-bond acceptors (Lipinski definition) is 4. The molecule has 0 spiro atoms. The number of likely N-dealkylation sites (tertiary alicyclic amines) is 1. The highest BCUT2D eigenvalue weighted by Crippen LogP contribution is 2.41. The van der Waals surface area contributed by atoms with Crippen molar-refractivity contribution in [2.75, 3.05) is 13.1 Å². The largest absolute Gasteiger partial charge is 0.392 e. The Morgan fingerprint density at radius 2 is 1.93 bits per heavy atom. The van der Waals surface area contributed by atoms with Gasteiger partial charge < -0.3 is 10.4 Å². The molecule has 6 nitrogen and oxygen atoms in total. The van der Waals surface area contributed by atoms with Crippen LogP contribution in [-0.4, -0.2) is 44.9 Å². The molecule has 1 aliphatic carbocycles. The average Bonchev–Trinajstić information content (AvgIpc) is 3.27. The van der Waals surface area contributed by atoms with Crippen molar-refractivity contribution in [2.24, 2.45) is 0 Å². The first kappa shape index (κ1) is 20.1. The fourth-order valence-electron chi connectivity index (χ4n) is 4.06. The van der Waals surface area contributed by atoms with Crippen LogP contribution in [-0.2, 0) is 18.6 Å². The van der Waals surface area contributed by atoms with Crippen LogP contribution in [0.25, 0.3) is 0 Å². The first-order chi connectivity index (χ1) is 13.8. The Kier molecular flexibility index (Phi) is 5.49. The number of nitrogens with zero attached hydrogens (tertiary/aromatic N) is 3. The van der Waals surface area contributed by atoms with Crippen molar-refractivity contribution in [3.8, 4) is 0 Å². The minimum atomic E-state index is -0.222. The number of aromatic nitrogens is 2. The van der Waals surface area contributed by atoms with E-state index in [1.54, 1.807) is 0 Å². The molecule has 2 fully saturated rings. The van der Waals surface area contributed by atoms with Gasteiger partial charge in [-0.3, -0.25) is 14.4 Å². The molecule has 6 heteroatoms. The maximum Gasteiger partial charge on any atom is 0.272 e.